The average Bonchev–Trinajstić information content (AvgIpc) is 2.50. The van der Waals surface area contributed by atoms with E-state index < -0.39 is 0 Å². The number of hydrogen-bond acceptors (Lipinski definition) is 2. The monoisotopic (exact) mass is 342 g/mol. The van der Waals surface area contributed by atoms with Crippen LogP contribution >= 0.6 is 23.2 Å². The molecule has 0 unspecified atom stereocenters. The molecule has 2 atom stereocenters. The van der Waals surface area contributed by atoms with E-state index in [0.717, 1.165) is 18.4 Å². The summed E-state index contributed by atoms with van der Waals surface area (Å²) in [6, 6.07) is 5.34. The second-order valence-electron chi connectivity index (χ2n) is 5.56. The van der Waals surface area contributed by atoms with Crippen molar-refractivity contribution in [1.82, 2.24) is 10.6 Å². The van der Waals surface area contributed by atoms with Crippen LogP contribution in [0, 0.1) is 5.92 Å². The Kier molecular flexibility index (Phi) is 6.09. The maximum absolute atomic E-state index is 12.4. The SMILES string of the molecule is CCC[C@H](NC(=O)[C@@H]1CCC(=O)NC1)c1ccc(Cl)c(Cl)c1. The van der Waals surface area contributed by atoms with Gasteiger partial charge < -0.3 is 10.6 Å². The van der Waals surface area contributed by atoms with E-state index in [-0.39, 0.29) is 23.8 Å². The van der Waals surface area contributed by atoms with Gasteiger partial charge in [-0.05, 0) is 30.5 Å². The van der Waals surface area contributed by atoms with Crippen LogP contribution in [0.3, 0.4) is 0 Å². The molecule has 0 bridgehead atoms. The number of nitrogens with one attached hydrogen (secondary N) is 2. The van der Waals surface area contributed by atoms with Gasteiger partial charge in [-0.25, -0.2) is 0 Å². The van der Waals surface area contributed by atoms with Crippen LogP contribution in [0.5, 0.6) is 0 Å². The van der Waals surface area contributed by atoms with Gasteiger partial charge in [0.1, 0.15) is 0 Å². The molecule has 1 aromatic rings. The predicted molar refractivity (Wildman–Crippen MR) is 88.0 cm³/mol. The molecule has 2 rings (SSSR count). The molecule has 2 amide bonds. The lowest BCUT2D eigenvalue weighted by molar-refractivity contribution is -0.129. The van der Waals surface area contributed by atoms with E-state index in [1.165, 1.54) is 0 Å². The molecular weight excluding hydrogens is 323 g/mol. The van der Waals surface area contributed by atoms with Crippen LogP contribution in [0.4, 0.5) is 0 Å². The molecule has 2 N–H and O–H groups in total. The summed E-state index contributed by atoms with van der Waals surface area (Å²) < 4.78 is 0. The molecule has 1 fully saturated rings. The fourth-order valence-corrected chi connectivity index (χ4v) is 2.89. The topological polar surface area (TPSA) is 58.2 Å². The third kappa shape index (κ3) is 4.37. The van der Waals surface area contributed by atoms with Crippen molar-refractivity contribution < 1.29 is 9.59 Å². The number of carbonyl (C=O) groups is 2. The number of hydrogen-bond donors (Lipinski definition) is 2. The Morgan fingerprint density at radius 1 is 1.41 bits per heavy atom. The lowest BCUT2D eigenvalue weighted by Gasteiger charge is -2.25. The molecule has 6 heteroatoms. The molecule has 1 saturated heterocycles. The molecule has 0 spiro atoms. The summed E-state index contributed by atoms with van der Waals surface area (Å²) in [5.41, 5.74) is 0.949. The number of rotatable bonds is 5. The van der Waals surface area contributed by atoms with E-state index in [2.05, 4.69) is 17.6 Å². The fraction of sp³-hybridized carbons (Fsp3) is 0.500. The second kappa shape index (κ2) is 7.84. The molecule has 1 aliphatic rings. The normalized spacial score (nSPS) is 19.4. The number of carbonyl (C=O) groups excluding carboxylic acids is 2. The quantitative estimate of drug-likeness (QED) is 0.860. The lowest BCUT2D eigenvalue weighted by atomic mass is 9.96. The van der Waals surface area contributed by atoms with E-state index in [0.29, 0.717) is 29.4 Å². The minimum Gasteiger partial charge on any atom is -0.355 e. The zero-order chi connectivity index (χ0) is 16.1. The van der Waals surface area contributed by atoms with Gasteiger partial charge in [0.05, 0.1) is 22.0 Å². The minimum absolute atomic E-state index is 0.0126. The van der Waals surface area contributed by atoms with Gasteiger partial charge in [-0.1, -0.05) is 42.6 Å². The Labute approximate surface area is 140 Å². The summed E-state index contributed by atoms with van der Waals surface area (Å²) in [4.78, 5) is 23.6. The van der Waals surface area contributed by atoms with E-state index in [9.17, 15) is 9.59 Å². The second-order valence-corrected chi connectivity index (χ2v) is 6.38. The minimum atomic E-state index is -0.167. The Bertz CT molecular complexity index is 553. The van der Waals surface area contributed by atoms with Crippen molar-refractivity contribution in [2.75, 3.05) is 6.54 Å². The summed E-state index contributed by atoms with van der Waals surface area (Å²) >= 11 is 12.0. The third-order valence-corrected chi connectivity index (χ3v) is 4.62. The maximum Gasteiger partial charge on any atom is 0.225 e. The summed E-state index contributed by atoms with van der Waals surface area (Å²) in [5, 5.41) is 6.80. The van der Waals surface area contributed by atoms with Crippen LogP contribution in [-0.4, -0.2) is 18.4 Å². The molecule has 0 aromatic heterocycles. The maximum atomic E-state index is 12.4. The van der Waals surface area contributed by atoms with Crippen molar-refractivity contribution in [2.24, 2.45) is 5.92 Å². The van der Waals surface area contributed by atoms with Crippen LogP contribution in [0.1, 0.15) is 44.2 Å². The molecular formula is C16H20Cl2N2O2. The molecule has 0 saturated carbocycles. The van der Waals surface area contributed by atoms with Gasteiger partial charge in [0.15, 0.2) is 0 Å². The van der Waals surface area contributed by atoms with Crippen molar-refractivity contribution in [3.8, 4) is 0 Å². The Morgan fingerprint density at radius 3 is 2.77 bits per heavy atom. The standard InChI is InChI=1S/C16H20Cl2N2O2/c1-2-3-14(10-4-6-12(17)13(18)8-10)20-16(22)11-5-7-15(21)19-9-11/h4,6,8,11,14H,2-3,5,7,9H2,1H3,(H,19,21)(H,20,22)/t11-,14+/m1/s1. The zero-order valence-corrected chi connectivity index (χ0v) is 14.0. The highest BCUT2D eigenvalue weighted by Crippen LogP contribution is 2.28. The number of amides is 2. The van der Waals surface area contributed by atoms with Crippen molar-refractivity contribution >= 4 is 35.0 Å². The molecule has 0 aliphatic carbocycles. The van der Waals surface area contributed by atoms with Crippen LogP contribution in [0.2, 0.25) is 10.0 Å². The number of piperidine rings is 1. The van der Waals surface area contributed by atoms with Crippen molar-refractivity contribution in [2.45, 2.75) is 38.6 Å². The number of halogens is 2. The largest absolute Gasteiger partial charge is 0.355 e. The summed E-state index contributed by atoms with van der Waals surface area (Å²) in [5.74, 6) is -0.178. The van der Waals surface area contributed by atoms with E-state index in [1.54, 1.807) is 12.1 Å². The van der Waals surface area contributed by atoms with Crippen LogP contribution in [-0.2, 0) is 9.59 Å². The molecule has 1 aromatic carbocycles. The first-order valence-corrected chi connectivity index (χ1v) is 8.29. The van der Waals surface area contributed by atoms with Crippen molar-refractivity contribution in [1.29, 1.82) is 0 Å². The van der Waals surface area contributed by atoms with Crippen LogP contribution in [0.15, 0.2) is 18.2 Å². The molecule has 4 nitrogen and oxygen atoms in total. The van der Waals surface area contributed by atoms with Gasteiger partial charge in [0, 0.05) is 13.0 Å². The summed E-state index contributed by atoms with van der Waals surface area (Å²) in [6.45, 7) is 2.47. The van der Waals surface area contributed by atoms with Crippen LogP contribution < -0.4 is 10.6 Å². The third-order valence-electron chi connectivity index (χ3n) is 3.88. The Balaban J connectivity index is 2.06. The smallest absolute Gasteiger partial charge is 0.225 e. The highest BCUT2D eigenvalue weighted by atomic mass is 35.5. The molecule has 1 aliphatic heterocycles. The van der Waals surface area contributed by atoms with Gasteiger partial charge in [0.25, 0.3) is 0 Å². The van der Waals surface area contributed by atoms with E-state index in [1.807, 2.05) is 6.07 Å². The van der Waals surface area contributed by atoms with Crippen LogP contribution in [0.25, 0.3) is 0 Å². The van der Waals surface area contributed by atoms with Gasteiger partial charge in [-0.3, -0.25) is 9.59 Å². The number of benzene rings is 1. The molecule has 1 heterocycles. The average molecular weight is 343 g/mol. The predicted octanol–water partition coefficient (Wildman–Crippen LogP) is 3.48. The van der Waals surface area contributed by atoms with Gasteiger partial charge in [-0.2, -0.15) is 0 Å². The zero-order valence-electron chi connectivity index (χ0n) is 12.5. The first-order valence-electron chi connectivity index (χ1n) is 7.53. The Morgan fingerprint density at radius 2 is 2.18 bits per heavy atom. The first-order chi connectivity index (χ1) is 10.5. The molecule has 0 radical (unpaired) electrons. The Hall–Kier alpha value is -1.26. The highest BCUT2D eigenvalue weighted by molar-refractivity contribution is 6.42. The summed E-state index contributed by atoms with van der Waals surface area (Å²) in [7, 11) is 0. The summed E-state index contributed by atoms with van der Waals surface area (Å²) in [6.07, 6.45) is 2.76. The van der Waals surface area contributed by atoms with Gasteiger partial charge in [-0.15, -0.1) is 0 Å². The van der Waals surface area contributed by atoms with Crippen molar-refractivity contribution in [3.63, 3.8) is 0 Å². The van der Waals surface area contributed by atoms with E-state index >= 15 is 0 Å². The fourth-order valence-electron chi connectivity index (χ4n) is 2.59. The first kappa shape index (κ1) is 17.1. The van der Waals surface area contributed by atoms with E-state index in [4.69, 9.17) is 23.2 Å². The van der Waals surface area contributed by atoms with Crippen molar-refractivity contribution in [3.05, 3.63) is 33.8 Å². The molecule has 22 heavy (non-hydrogen) atoms. The lowest BCUT2D eigenvalue weighted by Crippen LogP contribution is -2.43. The van der Waals surface area contributed by atoms with Gasteiger partial charge >= 0.3 is 0 Å². The van der Waals surface area contributed by atoms with Gasteiger partial charge in [0.2, 0.25) is 11.8 Å². The molecule has 120 valence electrons. The highest BCUT2D eigenvalue weighted by Gasteiger charge is 2.26.